The number of benzene rings is 2. The molecule has 0 radical (unpaired) electrons. The molecule has 2 aromatic carbocycles. The Morgan fingerprint density at radius 3 is 2.71 bits per heavy atom. The minimum atomic E-state index is -4.14. The molecule has 4 rings (SSSR count). The topological polar surface area (TPSA) is 153 Å². The molecule has 2 unspecified atom stereocenters. The van der Waals surface area contributed by atoms with Crippen LogP contribution in [0.5, 0.6) is 0 Å². The van der Waals surface area contributed by atoms with Gasteiger partial charge in [-0.3, -0.25) is 14.0 Å². The van der Waals surface area contributed by atoms with Gasteiger partial charge in [0.2, 0.25) is 5.09 Å². The van der Waals surface area contributed by atoms with Gasteiger partial charge < -0.3 is 9.62 Å². The molecule has 0 aliphatic heterocycles. The second-order valence-corrected chi connectivity index (χ2v) is 9.89. The van der Waals surface area contributed by atoms with Crippen molar-refractivity contribution in [2.24, 2.45) is 0 Å². The minimum absolute atomic E-state index is 0.0178. The molecule has 0 fully saturated rings. The van der Waals surface area contributed by atoms with Gasteiger partial charge in [-0.15, -0.1) is 5.10 Å². The SMILES string of the molecule is O=S(Cc1cc([NH+]([O-])O)n[nH]1)c1ccc(Cl)cc1NS(=O)(=O)c1cc2ccccc2o1. The Balaban J connectivity index is 1.63. The highest BCUT2D eigenvalue weighted by Crippen LogP contribution is 2.29. The summed E-state index contributed by atoms with van der Waals surface area (Å²) in [7, 11) is -5.88. The van der Waals surface area contributed by atoms with Crippen molar-refractivity contribution in [3.8, 4) is 0 Å². The molecule has 0 aliphatic rings. The standard InChI is InChI=1S/C18H15ClN4O6S2/c19-12-5-6-16(30(26)10-13-9-17(21-20-13)23(24)25)14(8-12)22-31(27,28)18-7-11-3-1-2-4-15(11)29-18/h1-9,22-24H,10H2,(H,20,21). The molecule has 2 heterocycles. The molecule has 0 saturated carbocycles. The minimum Gasteiger partial charge on any atom is -0.594 e. The van der Waals surface area contributed by atoms with Crippen LogP contribution in [0.15, 0.2) is 69.0 Å². The van der Waals surface area contributed by atoms with Crippen LogP contribution in [0.25, 0.3) is 11.0 Å². The monoisotopic (exact) mass is 482 g/mol. The number of aromatic nitrogens is 2. The molecule has 13 heteroatoms. The maximum Gasteiger partial charge on any atom is 0.295 e. The van der Waals surface area contributed by atoms with E-state index < -0.39 is 26.0 Å². The number of para-hydroxylation sites is 1. The summed E-state index contributed by atoms with van der Waals surface area (Å²) in [6, 6.07) is 13.7. The number of quaternary nitrogens is 1. The molecule has 31 heavy (non-hydrogen) atoms. The van der Waals surface area contributed by atoms with E-state index in [2.05, 4.69) is 14.9 Å². The second-order valence-electron chi connectivity index (χ2n) is 6.42. The van der Waals surface area contributed by atoms with Crippen LogP contribution in [0, 0.1) is 5.21 Å². The molecule has 162 valence electrons. The first-order valence-corrected chi connectivity index (χ1v) is 11.9. The molecule has 10 nitrogen and oxygen atoms in total. The zero-order valence-corrected chi connectivity index (χ0v) is 17.9. The van der Waals surface area contributed by atoms with E-state index in [-0.39, 0.29) is 32.3 Å². The van der Waals surface area contributed by atoms with Gasteiger partial charge in [0.15, 0.2) is 0 Å². The summed E-state index contributed by atoms with van der Waals surface area (Å²) in [5.41, 5.74) is 0.743. The lowest BCUT2D eigenvalue weighted by Gasteiger charge is -2.11. The van der Waals surface area contributed by atoms with Gasteiger partial charge in [0.25, 0.3) is 15.8 Å². The predicted octanol–water partition coefficient (Wildman–Crippen LogP) is 2.32. The van der Waals surface area contributed by atoms with E-state index in [0.717, 1.165) is 0 Å². The lowest BCUT2D eigenvalue weighted by atomic mass is 10.3. The predicted molar refractivity (Wildman–Crippen MR) is 113 cm³/mol. The van der Waals surface area contributed by atoms with Gasteiger partial charge in [-0.05, 0) is 24.3 Å². The number of rotatable bonds is 7. The Hall–Kier alpha value is -2.74. The normalized spacial score (nSPS) is 13.9. The van der Waals surface area contributed by atoms with E-state index in [1.54, 1.807) is 24.3 Å². The quantitative estimate of drug-likeness (QED) is 0.295. The van der Waals surface area contributed by atoms with Crippen LogP contribution >= 0.6 is 11.6 Å². The summed E-state index contributed by atoms with van der Waals surface area (Å²) in [4.78, 5) is 0.163. The fourth-order valence-electron chi connectivity index (χ4n) is 2.83. The van der Waals surface area contributed by atoms with Crippen LogP contribution in [0.4, 0.5) is 11.5 Å². The molecule has 0 saturated heterocycles. The summed E-state index contributed by atoms with van der Waals surface area (Å²) in [6.45, 7) is 0. The number of aromatic amines is 1. The largest absolute Gasteiger partial charge is 0.594 e. The number of anilines is 1. The first kappa shape index (κ1) is 21.5. The smallest absolute Gasteiger partial charge is 0.295 e. The molecule has 2 atom stereocenters. The Bertz CT molecular complexity index is 1350. The number of sulfonamides is 1. The highest BCUT2D eigenvalue weighted by atomic mass is 35.5. The van der Waals surface area contributed by atoms with Gasteiger partial charge in [0, 0.05) is 22.5 Å². The van der Waals surface area contributed by atoms with Crippen molar-refractivity contribution < 1.29 is 27.5 Å². The van der Waals surface area contributed by atoms with E-state index in [4.69, 9.17) is 21.2 Å². The molecule has 4 aromatic rings. The molecule has 2 aromatic heterocycles. The van der Waals surface area contributed by atoms with E-state index in [1.165, 1.54) is 30.3 Å². The van der Waals surface area contributed by atoms with Crippen LogP contribution < -0.4 is 9.95 Å². The van der Waals surface area contributed by atoms with Crippen LogP contribution in [-0.2, 0) is 26.6 Å². The fourth-order valence-corrected chi connectivity index (χ4v) is 5.27. The Morgan fingerprint density at radius 2 is 2.00 bits per heavy atom. The van der Waals surface area contributed by atoms with E-state index in [1.807, 2.05) is 0 Å². The van der Waals surface area contributed by atoms with Crippen LogP contribution in [0.2, 0.25) is 5.02 Å². The summed E-state index contributed by atoms with van der Waals surface area (Å²) < 4.78 is 46.4. The van der Waals surface area contributed by atoms with E-state index >= 15 is 0 Å². The van der Waals surface area contributed by atoms with Crippen molar-refractivity contribution in [3.63, 3.8) is 0 Å². The number of hydrogen-bond donors (Lipinski definition) is 4. The number of furan rings is 1. The van der Waals surface area contributed by atoms with Gasteiger partial charge in [-0.1, -0.05) is 29.8 Å². The summed E-state index contributed by atoms with van der Waals surface area (Å²) >= 11 is 6.02. The zero-order chi connectivity index (χ0) is 22.2. The number of fused-ring (bicyclic) bond motifs is 1. The van der Waals surface area contributed by atoms with Crippen LogP contribution in [-0.4, -0.2) is 28.0 Å². The van der Waals surface area contributed by atoms with Crippen molar-refractivity contribution >= 4 is 54.9 Å². The zero-order valence-electron chi connectivity index (χ0n) is 15.5. The van der Waals surface area contributed by atoms with Gasteiger partial charge >= 0.3 is 0 Å². The summed E-state index contributed by atoms with van der Waals surface area (Å²) in [5.74, 6) is -0.324. The average molecular weight is 483 g/mol. The lowest BCUT2D eigenvalue weighted by Crippen LogP contribution is -2.99. The molecule has 0 spiro atoms. The highest BCUT2D eigenvalue weighted by molar-refractivity contribution is 7.92. The third-order valence-corrected chi connectivity index (χ3v) is 7.11. The van der Waals surface area contributed by atoms with Crippen molar-refractivity contribution in [1.29, 1.82) is 0 Å². The molecule has 0 bridgehead atoms. The van der Waals surface area contributed by atoms with Crippen LogP contribution in [0.1, 0.15) is 5.69 Å². The highest BCUT2D eigenvalue weighted by Gasteiger charge is 2.23. The van der Waals surface area contributed by atoms with Crippen molar-refractivity contribution in [3.05, 3.63) is 70.5 Å². The maximum atomic E-state index is 12.9. The maximum absolute atomic E-state index is 12.9. The van der Waals surface area contributed by atoms with E-state index in [9.17, 15) is 17.8 Å². The summed E-state index contributed by atoms with van der Waals surface area (Å²) in [5, 5.41) is 25.4. The fraction of sp³-hybridized carbons (Fsp3) is 0.0556. The molecular formula is C18H15ClN4O6S2. The Kier molecular flexibility index (Phi) is 5.83. The molecular weight excluding hydrogens is 468 g/mol. The van der Waals surface area contributed by atoms with Gasteiger partial charge in [-0.25, -0.2) is 5.21 Å². The van der Waals surface area contributed by atoms with E-state index in [0.29, 0.717) is 16.7 Å². The Morgan fingerprint density at radius 1 is 1.23 bits per heavy atom. The number of nitrogens with zero attached hydrogens (tertiary/aromatic N) is 1. The average Bonchev–Trinajstić information content (AvgIpc) is 3.35. The molecule has 0 amide bonds. The van der Waals surface area contributed by atoms with Gasteiger partial charge in [0.05, 0.1) is 32.8 Å². The number of H-pyrrole nitrogens is 1. The molecule has 0 aliphatic carbocycles. The van der Waals surface area contributed by atoms with Gasteiger partial charge in [0.1, 0.15) is 5.58 Å². The molecule has 4 N–H and O–H groups in total. The number of hydrogen-bond acceptors (Lipinski definition) is 7. The first-order chi connectivity index (χ1) is 14.7. The van der Waals surface area contributed by atoms with Crippen molar-refractivity contribution in [2.45, 2.75) is 15.7 Å². The van der Waals surface area contributed by atoms with Crippen molar-refractivity contribution in [2.75, 3.05) is 4.72 Å². The van der Waals surface area contributed by atoms with Crippen LogP contribution in [0.3, 0.4) is 0 Å². The lowest BCUT2D eigenvalue weighted by molar-refractivity contribution is -0.993. The van der Waals surface area contributed by atoms with Gasteiger partial charge in [-0.2, -0.15) is 13.6 Å². The Labute approximate surface area is 183 Å². The third kappa shape index (κ3) is 4.63. The summed E-state index contributed by atoms with van der Waals surface area (Å²) in [6.07, 6.45) is 0. The third-order valence-electron chi connectivity index (χ3n) is 4.24. The first-order valence-electron chi connectivity index (χ1n) is 8.70. The van der Waals surface area contributed by atoms with Crippen molar-refractivity contribution in [1.82, 2.24) is 10.2 Å². The number of nitrogens with one attached hydrogen (secondary N) is 3. The second kappa shape index (κ2) is 8.42. The number of halogens is 1.